The lowest BCUT2D eigenvalue weighted by Crippen LogP contribution is -2.24. The Balaban J connectivity index is 2.46. The number of hydrogen-bond donors (Lipinski definition) is 3. The Morgan fingerprint density at radius 1 is 1.50 bits per heavy atom. The van der Waals surface area contributed by atoms with Gasteiger partial charge in [-0.25, -0.2) is 4.98 Å². The van der Waals surface area contributed by atoms with Gasteiger partial charge in [-0.1, -0.05) is 19.9 Å². The Labute approximate surface area is 120 Å². The number of carbonyl (C=O) groups is 1. The summed E-state index contributed by atoms with van der Waals surface area (Å²) in [6.07, 6.45) is 3.48. The van der Waals surface area contributed by atoms with Crippen molar-refractivity contribution in [1.29, 1.82) is 0 Å². The van der Waals surface area contributed by atoms with Crippen LogP contribution in [0.5, 0.6) is 0 Å². The molecule has 0 aliphatic rings. The number of aromatic nitrogens is 1. The number of rotatable bonds is 8. The third-order valence-electron chi connectivity index (χ3n) is 2.69. The minimum Gasteiger partial charge on any atom is -0.391 e. The Bertz CT molecular complexity index is 429. The summed E-state index contributed by atoms with van der Waals surface area (Å²) in [6.45, 7) is 8.56. The number of carbonyl (C=O) groups excluding carboxylic acids is 1. The highest BCUT2D eigenvalue weighted by atomic mass is 16.3. The highest BCUT2D eigenvalue weighted by molar-refractivity contribution is 5.94. The van der Waals surface area contributed by atoms with E-state index in [1.807, 2.05) is 0 Å². The Morgan fingerprint density at radius 3 is 2.80 bits per heavy atom. The van der Waals surface area contributed by atoms with Crippen molar-refractivity contribution in [2.75, 3.05) is 18.4 Å². The standard InChI is InChI=1S/C15H23N3O2/c1-4-7-16-15(20)12-5-6-14(17-9-12)18-10-13(19)8-11(2)3/h4-6,9,11,13,19H,1,7-8,10H2,2-3H3,(H,16,20)(H,17,18)/t13-/m0/s1. The molecule has 0 unspecified atom stereocenters. The molecule has 0 saturated heterocycles. The van der Waals surface area contributed by atoms with Gasteiger partial charge >= 0.3 is 0 Å². The van der Waals surface area contributed by atoms with E-state index in [-0.39, 0.29) is 5.91 Å². The molecule has 1 atom stereocenters. The quantitative estimate of drug-likeness (QED) is 0.634. The molecule has 0 aliphatic carbocycles. The van der Waals surface area contributed by atoms with Crippen LogP contribution in [0, 0.1) is 5.92 Å². The van der Waals surface area contributed by atoms with Crippen molar-refractivity contribution in [2.45, 2.75) is 26.4 Å². The molecule has 0 aliphatic heterocycles. The number of hydrogen-bond acceptors (Lipinski definition) is 4. The lowest BCUT2D eigenvalue weighted by Gasteiger charge is -2.14. The first-order chi connectivity index (χ1) is 9.52. The summed E-state index contributed by atoms with van der Waals surface area (Å²) in [5.74, 6) is 0.924. The minimum absolute atomic E-state index is 0.177. The van der Waals surface area contributed by atoms with Crippen LogP contribution < -0.4 is 10.6 Å². The average molecular weight is 277 g/mol. The monoisotopic (exact) mass is 277 g/mol. The van der Waals surface area contributed by atoms with Gasteiger partial charge in [0.25, 0.3) is 5.91 Å². The summed E-state index contributed by atoms with van der Waals surface area (Å²) in [7, 11) is 0. The summed E-state index contributed by atoms with van der Waals surface area (Å²) in [4.78, 5) is 15.8. The summed E-state index contributed by atoms with van der Waals surface area (Å²) in [5, 5.41) is 15.5. The van der Waals surface area contributed by atoms with Gasteiger partial charge in [0.15, 0.2) is 0 Å². The molecule has 5 heteroatoms. The maximum absolute atomic E-state index is 11.6. The first-order valence-corrected chi connectivity index (χ1v) is 6.80. The average Bonchev–Trinajstić information content (AvgIpc) is 2.42. The van der Waals surface area contributed by atoms with Gasteiger partial charge in [0.1, 0.15) is 5.82 Å². The van der Waals surface area contributed by atoms with E-state index >= 15 is 0 Å². The van der Waals surface area contributed by atoms with E-state index in [0.29, 0.717) is 30.4 Å². The van der Waals surface area contributed by atoms with E-state index in [1.165, 1.54) is 6.20 Å². The van der Waals surface area contributed by atoms with Crippen molar-refractivity contribution in [3.8, 4) is 0 Å². The number of nitrogens with one attached hydrogen (secondary N) is 2. The van der Waals surface area contributed by atoms with Crippen LogP contribution in [-0.2, 0) is 0 Å². The Morgan fingerprint density at radius 2 is 2.25 bits per heavy atom. The Kier molecular flexibility index (Phi) is 6.73. The van der Waals surface area contributed by atoms with Crippen LogP contribution in [0.1, 0.15) is 30.6 Å². The number of amides is 1. The van der Waals surface area contributed by atoms with E-state index in [9.17, 15) is 9.90 Å². The number of nitrogens with zero attached hydrogens (tertiary/aromatic N) is 1. The van der Waals surface area contributed by atoms with Crippen molar-refractivity contribution >= 4 is 11.7 Å². The van der Waals surface area contributed by atoms with Crippen LogP contribution in [0.25, 0.3) is 0 Å². The van der Waals surface area contributed by atoms with E-state index < -0.39 is 6.10 Å². The molecule has 0 aromatic carbocycles. The fourth-order valence-corrected chi connectivity index (χ4v) is 1.75. The van der Waals surface area contributed by atoms with Crippen molar-refractivity contribution in [2.24, 2.45) is 5.92 Å². The van der Waals surface area contributed by atoms with E-state index in [2.05, 4.69) is 36.0 Å². The fourth-order valence-electron chi connectivity index (χ4n) is 1.75. The first-order valence-electron chi connectivity index (χ1n) is 6.80. The maximum atomic E-state index is 11.6. The van der Waals surface area contributed by atoms with E-state index in [1.54, 1.807) is 18.2 Å². The number of pyridine rings is 1. The molecule has 0 radical (unpaired) electrons. The van der Waals surface area contributed by atoms with Crippen molar-refractivity contribution in [1.82, 2.24) is 10.3 Å². The van der Waals surface area contributed by atoms with Gasteiger partial charge in [0, 0.05) is 19.3 Å². The molecule has 1 heterocycles. The second-order valence-electron chi connectivity index (χ2n) is 5.10. The molecule has 0 saturated carbocycles. The van der Waals surface area contributed by atoms with Crippen LogP contribution in [0.15, 0.2) is 31.0 Å². The third-order valence-corrected chi connectivity index (χ3v) is 2.69. The Hall–Kier alpha value is -1.88. The van der Waals surface area contributed by atoms with Gasteiger partial charge in [0.05, 0.1) is 11.7 Å². The lowest BCUT2D eigenvalue weighted by molar-refractivity contribution is 0.0957. The molecule has 1 amide bonds. The first kappa shape index (κ1) is 16.2. The van der Waals surface area contributed by atoms with Crippen LogP contribution in [0.2, 0.25) is 0 Å². The van der Waals surface area contributed by atoms with Crippen molar-refractivity contribution < 1.29 is 9.90 Å². The molecule has 1 rings (SSSR count). The molecule has 0 fully saturated rings. The molecule has 1 aromatic heterocycles. The third kappa shape index (κ3) is 5.84. The molecule has 1 aromatic rings. The van der Waals surface area contributed by atoms with E-state index in [4.69, 9.17) is 0 Å². The van der Waals surface area contributed by atoms with Gasteiger partial charge in [-0.2, -0.15) is 0 Å². The maximum Gasteiger partial charge on any atom is 0.253 e. The molecule has 0 spiro atoms. The summed E-state index contributed by atoms with van der Waals surface area (Å²) in [6, 6.07) is 3.42. The van der Waals surface area contributed by atoms with Gasteiger partial charge < -0.3 is 15.7 Å². The zero-order chi connectivity index (χ0) is 15.0. The predicted molar refractivity (Wildman–Crippen MR) is 80.7 cm³/mol. The SMILES string of the molecule is C=CCNC(=O)c1ccc(NC[C@@H](O)CC(C)C)nc1. The van der Waals surface area contributed by atoms with Crippen LogP contribution >= 0.6 is 0 Å². The summed E-state index contributed by atoms with van der Waals surface area (Å²) >= 11 is 0. The second-order valence-corrected chi connectivity index (χ2v) is 5.10. The van der Waals surface area contributed by atoms with Crippen molar-refractivity contribution in [3.05, 3.63) is 36.5 Å². The van der Waals surface area contributed by atoms with Gasteiger partial charge in [-0.05, 0) is 24.5 Å². The lowest BCUT2D eigenvalue weighted by atomic mass is 10.1. The zero-order valence-corrected chi connectivity index (χ0v) is 12.1. The van der Waals surface area contributed by atoms with Crippen LogP contribution in [0.4, 0.5) is 5.82 Å². The number of aliphatic hydroxyl groups is 1. The van der Waals surface area contributed by atoms with Crippen LogP contribution in [0.3, 0.4) is 0 Å². The van der Waals surface area contributed by atoms with E-state index in [0.717, 1.165) is 6.42 Å². The highest BCUT2D eigenvalue weighted by Crippen LogP contribution is 2.08. The van der Waals surface area contributed by atoms with Crippen molar-refractivity contribution in [3.63, 3.8) is 0 Å². The largest absolute Gasteiger partial charge is 0.391 e. The topological polar surface area (TPSA) is 74.2 Å². The van der Waals surface area contributed by atoms with Gasteiger partial charge in [-0.15, -0.1) is 6.58 Å². The second kappa shape index (κ2) is 8.32. The zero-order valence-electron chi connectivity index (χ0n) is 12.1. The van der Waals surface area contributed by atoms with Gasteiger partial charge in [0.2, 0.25) is 0 Å². The normalized spacial score (nSPS) is 12.0. The molecule has 3 N–H and O–H groups in total. The highest BCUT2D eigenvalue weighted by Gasteiger charge is 2.08. The fraction of sp³-hybridized carbons (Fsp3) is 0.467. The summed E-state index contributed by atoms with van der Waals surface area (Å²) in [5.41, 5.74) is 0.500. The molecule has 20 heavy (non-hydrogen) atoms. The molecular weight excluding hydrogens is 254 g/mol. The van der Waals surface area contributed by atoms with Crippen LogP contribution in [-0.4, -0.2) is 35.2 Å². The molecular formula is C15H23N3O2. The minimum atomic E-state index is -0.396. The molecule has 5 nitrogen and oxygen atoms in total. The smallest absolute Gasteiger partial charge is 0.253 e. The number of aliphatic hydroxyl groups excluding tert-OH is 1. The summed E-state index contributed by atoms with van der Waals surface area (Å²) < 4.78 is 0. The number of anilines is 1. The predicted octanol–water partition coefficient (Wildman–Crippen LogP) is 1.82. The molecule has 0 bridgehead atoms. The molecule has 110 valence electrons. The van der Waals surface area contributed by atoms with Gasteiger partial charge in [-0.3, -0.25) is 4.79 Å².